The summed E-state index contributed by atoms with van der Waals surface area (Å²) in [6.45, 7) is 4.10. The number of carbonyl (C=O) groups excluding carboxylic acids is 1. The molecule has 1 aromatic heterocycles. The molecule has 1 amide bonds. The first kappa shape index (κ1) is 15.8. The predicted molar refractivity (Wildman–Crippen MR) is 92.0 cm³/mol. The number of piperazine rings is 1. The Morgan fingerprint density at radius 3 is 2.50 bits per heavy atom. The number of amides is 1. The van der Waals surface area contributed by atoms with Gasteiger partial charge in [0.05, 0.1) is 9.21 Å². The molecule has 0 bridgehead atoms. The number of carbonyl (C=O) groups is 1. The number of nitrogens with zero attached hydrogens (tertiary/aromatic N) is 2. The zero-order valence-corrected chi connectivity index (χ0v) is 14.3. The summed E-state index contributed by atoms with van der Waals surface area (Å²) in [6.07, 6.45) is 0. The molecule has 2 aromatic rings. The van der Waals surface area contributed by atoms with Crippen LogP contribution in [0.15, 0.2) is 36.4 Å². The second-order valence-corrected chi connectivity index (χ2v) is 7.45. The third-order valence-electron chi connectivity index (χ3n) is 3.74. The number of rotatable bonds is 3. The number of halogens is 2. The summed E-state index contributed by atoms with van der Waals surface area (Å²) in [5.41, 5.74) is 1.21. The lowest BCUT2D eigenvalue weighted by atomic mass is 10.2. The lowest BCUT2D eigenvalue weighted by Gasteiger charge is -2.34. The van der Waals surface area contributed by atoms with Crippen LogP contribution in [0.3, 0.4) is 0 Å². The van der Waals surface area contributed by atoms with Gasteiger partial charge in [-0.25, -0.2) is 0 Å². The van der Waals surface area contributed by atoms with E-state index in [-0.39, 0.29) is 5.91 Å². The van der Waals surface area contributed by atoms with Crippen molar-refractivity contribution < 1.29 is 4.79 Å². The largest absolute Gasteiger partial charge is 0.335 e. The number of benzene rings is 1. The molecule has 1 aromatic carbocycles. The highest BCUT2D eigenvalue weighted by atomic mass is 35.5. The molecule has 22 heavy (non-hydrogen) atoms. The zero-order chi connectivity index (χ0) is 15.5. The maximum atomic E-state index is 12.4. The summed E-state index contributed by atoms with van der Waals surface area (Å²) in [5, 5.41) is 0.765. The first-order chi connectivity index (χ1) is 10.6. The fraction of sp³-hybridized carbons (Fsp3) is 0.312. The van der Waals surface area contributed by atoms with Crippen molar-refractivity contribution in [1.29, 1.82) is 0 Å². The van der Waals surface area contributed by atoms with Crippen LogP contribution in [-0.2, 0) is 6.54 Å². The van der Waals surface area contributed by atoms with Crippen molar-refractivity contribution in [3.05, 3.63) is 56.2 Å². The molecule has 0 unspecified atom stereocenters. The van der Waals surface area contributed by atoms with Gasteiger partial charge in [0.2, 0.25) is 0 Å². The summed E-state index contributed by atoms with van der Waals surface area (Å²) in [7, 11) is 0. The van der Waals surface area contributed by atoms with Crippen LogP contribution >= 0.6 is 34.5 Å². The second kappa shape index (κ2) is 7.01. The molecule has 1 aliphatic rings. The average Bonchev–Trinajstić information content (AvgIpc) is 2.94. The first-order valence-corrected chi connectivity index (χ1v) is 8.70. The minimum atomic E-state index is 0.0827. The average molecular weight is 355 g/mol. The van der Waals surface area contributed by atoms with Crippen molar-refractivity contribution in [2.75, 3.05) is 26.2 Å². The van der Waals surface area contributed by atoms with Crippen LogP contribution in [0.2, 0.25) is 9.36 Å². The molecule has 0 spiro atoms. The Balaban J connectivity index is 1.55. The fourth-order valence-corrected chi connectivity index (χ4v) is 3.81. The van der Waals surface area contributed by atoms with Crippen LogP contribution < -0.4 is 0 Å². The molecule has 0 radical (unpaired) electrons. The van der Waals surface area contributed by atoms with Crippen LogP contribution in [-0.4, -0.2) is 41.9 Å². The van der Waals surface area contributed by atoms with Gasteiger partial charge in [0.25, 0.3) is 5.91 Å². The van der Waals surface area contributed by atoms with E-state index in [0.29, 0.717) is 9.21 Å². The van der Waals surface area contributed by atoms with Crippen molar-refractivity contribution in [2.45, 2.75) is 6.54 Å². The topological polar surface area (TPSA) is 23.6 Å². The van der Waals surface area contributed by atoms with Crippen molar-refractivity contribution in [2.24, 2.45) is 0 Å². The van der Waals surface area contributed by atoms with E-state index < -0.39 is 0 Å². The molecule has 0 atom stereocenters. The molecule has 0 saturated carbocycles. The van der Waals surface area contributed by atoms with Gasteiger partial charge in [-0.3, -0.25) is 9.69 Å². The van der Waals surface area contributed by atoms with Crippen LogP contribution in [0.25, 0.3) is 0 Å². The molecule has 1 saturated heterocycles. The molecular formula is C16H16Cl2N2OS. The Morgan fingerprint density at radius 2 is 1.86 bits per heavy atom. The molecule has 2 heterocycles. The quantitative estimate of drug-likeness (QED) is 0.831. The van der Waals surface area contributed by atoms with E-state index in [1.807, 2.05) is 23.1 Å². The van der Waals surface area contributed by atoms with E-state index >= 15 is 0 Å². The van der Waals surface area contributed by atoms with Crippen LogP contribution in [0.5, 0.6) is 0 Å². The van der Waals surface area contributed by atoms with Gasteiger partial charge in [-0.2, -0.15) is 0 Å². The number of hydrogen-bond donors (Lipinski definition) is 0. The Labute approximate surface area is 144 Å². The molecule has 1 aliphatic heterocycles. The Bertz CT molecular complexity index is 666. The highest BCUT2D eigenvalue weighted by Gasteiger charge is 2.23. The van der Waals surface area contributed by atoms with Gasteiger partial charge in [0.15, 0.2) is 0 Å². The van der Waals surface area contributed by atoms with Gasteiger partial charge >= 0.3 is 0 Å². The van der Waals surface area contributed by atoms with E-state index in [1.54, 1.807) is 12.1 Å². The molecule has 6 heteroatoms. The summed E-state index contributed by atoms with van der Waals surface area (Å²) in [6, 6.07) is 11.5. The predicted octanol–water partition coefficient (Wildman–Crippen LogP) is 4.01. The third-order valence-corrected chi connectivity index (χ3v) is 5.19. The standard InChI is InChI=1S/C16H16Cl2N2OS/c17-13-3-1-2-12(10-13)11-19-6-8-20(9-7-19)16(21)14-4-5-15(18)22-14/h1-5,10H,6-9,11H2. The monoisotopic (exact) mass is 354 g/mol. The van der Waals surface area contributed by atoms with E-state index in [1.165, 1.54) is 16.9 Å². The molecule has 3 nitrogen and oxygen atoms in total. The SMILES string of the molecule is O=C(c1ccc(Cl)s1)N1CCN(Cc2cccc(Cl)c2)CC1. The summed E-state index contributed by atoms with van der Waals surface area (Å²) in [5.74, 6) is 0.0827. The van der Waals surface area contributed by atoms with E-state index in [4.69, 9.17) is 23.2 Å². The van der Waals surface area contributed by atoms with Crippen LogP contribution in [0, 0.1) is 0 Å². The Kier molecular flexibility index (Phi) is 5.03. The Morgan fingerprint density at radius 1 is 1.09 bits per heavy atom. The minimum absolute atomic E-state index is 0.0827. The molecular weight excluding hydrogens is 339 g/mol. The summed E-state index contributed by atoms with van der Waals surface area (Å²) >= 11 is 13.3. The van der Waals surface area contributed by atoms with Crippen molar-refractivity contribution in [1.82, 2.24) is 9.80 Å². The molecule has 0 aliphatic carbocycles. The maximum Gasteiger partial charge on any atom is 0.264 e. The smallest absolute Gasteiger partial charge is 0.264 e. The number of hydrogen-bond acceptors (Lipinski definition) is 3. The highest BCUT2D eigenvalue weighted by molar-refractivity contribution is 7.17. The van der Waals surface area contributed by atoms with Gasteiger partial charge in [0.1, 0.15) is 0 Å². The molecule has 1 fully saturated rings. The number of thiophene rings is 1. The lowest BCUT2D eigenvalue weighted by molar-refractivity contribution is 0.0633. The van der Waals surface area contributed by atoms with Gasteiger partial charge < -0.3 is 4.90 Å². The van der Waals surface area contributed by atoms with E-state index in [9.17, 15) is 4.79 Å². The van der Waals surface area contributed by atoms with Crippen molar-refractivity contribution >= 4 is 40.4 Å². The third kappa shape index (κ3) is 3.82. The fourth-order valence-electron chi connectivity index (χ4n) is 2.59. The van der Waals surface area contributed by atoms with Gasteiger partial charge in [0, 0.05) is 37.7 Å². The maximum absolute atomic E-state index is 12.4. The molecule has 116 valence electrons. The summed E-state index contributed by atoms with van der Waals surface area (Å²) < 4.78 is 0.656. The highest BCUT2D eigenvalue weighted by Crippen LogP contribution is 2.23. The van der Waals surface area contributed by atoms with Crippen LogP contribution in [0.1, 0.15) is 15.2 Å². The lowest BCUT2D eigenvalue weighted by Crippen LogP contribution is -2.48. The van der Waals surface area contributed by atoms with Gasteiger partial charge in [-0.1, -0.05) is 35.3 Å². The molecule has 3 rings (SSSR count). The minimum Gasteiger partial charge on any atom is -0.335 e. The second-order valence-electron chi connectivity index (χ2n) is 5.30. The first-order valence-electron chi connectivity index (χ1n) is 7.13. The normalized spacial score (nSPS) is 16.0. The van der Waals surface area contributed by atoms with Crippen molar-refractivity contribution in [3.63, 3.8) is 0 Å². The van der Waals surface area contributed by atoms with Crippen LogP contribution in [0.4, 0.5) is 0 Å². The van der Waals surface area contributed by atoms with Gasteiger partial charge in [-0.15, -0.1) is 11.3 Å². The van der Waals surface area contributed by atoms with Crippen molar-refractivity contribution in [3.8, 4) is 0 Å². The molecule has 0 N–H and O–H groups in total. The Hall–Kier alpha value is -1.07. The van der Waals surface area contributed by atoms with E-state index in [2.05, 4.69) is 11.0 Å². The summed E-state index contributed by atoms with van der Waals surface area (Å²) in [4.78, 5) is 17.3. The van der Waals surface area contributed by atoms with Gasteiger partial charge in [-0.05, 0) is 29.8 Å². The van der Waals surface area contributed by atoms with E-state index in [0.717, 1.165) is 37.7 Å². The zero-order valence-electron chi connectivity index (χ0n) is 12.0.